The Morgan fingerprint density at radius 3 is 2.32 bits per heavy atom. The molecule has 0 fully saturated rings. The fourth-order valence-corrected chi connectivity index (χ4v) is 4.79. The third-order valence-corrected chi connectivity index (χ3v) is 6.49. The van der Waals surface area contributed by atoms with Gasteiger partial charge in [0.15, 0.2) is 5.76 Å². The lowest BCUT2D eigenvalue weighted by Crippen LogP contribution is -2.36. The first kappa shape index (κ1) is 27.4. The Hall–Kier alpha value is -5.12. The SMILES string of the molecule is CCOC(=O)OC1=CN(C(=O)c2ccc(F)cc2)CC(C)(C)c2c1[nH]c1cc(OC(=O)Oc3ccccc3)ccc21. The van der Waals surface area contributed by atoms with Gasteiger partial charge in [0.25, 0.3) is 5.91 Å². The van der Waals surface area contributed by atoms with Gasteiger partial charge in [-0.05, 0) is 61.0 Å². The molecule has 9 nitrogen and oxygen atoms in total. The van der Waals surface area contributed by atoms with Gasteiger partial charge in [0.05, 0.1) is 18.5 Å². The Bertz CT molecular complexity index is 1640. The molecule has 0 saturated heterocycles. The highest BCUT2D eigenvalue weighted by atomic mass is 19.1. The number of aromatic nitrogens is 1. The van der Waals surface area contributed by atoms with E-state index < -0.39 is 29.5 Å². The number of nitrogens with one attached hydrogen (secondary N) is 1. The summed E-state index contributed by atoms with van der Waals surface area (Å²) in [5, 5.41) is 0.767. The zero-order valence-corrected chi connectivity index (χ0v) is 22.6. The third kappa shape index (κ3) is 5.91. The van der Waals surface area contributed by atoms with Crippen LogP contribution in [0.15, 0.2) is 79.0 Å². The standard InChI is InChI=1S/C31H27FN2O7/c1-4-38-29(36)41-25-17-34(28(35)19-10-12-20(32)13-11-19)18-31(2,3)26-23-15-14-22(16-24(23)33-27(25)26)40-30(37)39-21-8-6-5-7-9-21/h5-17,33H,4,18H2,1-3H3. The Morgan fingerprint density at radius 2 is 1.61 bits per heavy atom. The zero-order chi connectivity index (χ0) is 29.1. The van der Waals surface area contributed by atoms with Crippen LogP contribution in [0.4, 0.5) is 14.0 Å². The van der Waals surface area contributed by atoms with E-state index in [2.05, 4.69) is 4.98 Å². The average molecular weight is 559 g/mol. The second-order valence-corrected chi connectivity index (χ2v) is 9.95. The van der Waals surface area contributed by atoms with E-state index in [0.717, 1.165) is 10.9 Å². The third-order valence-electron chi connectivity index (χ3n) is 6.49. The second kappa shape index (κ2) is 11.2. The lowest BCUT2D eigenvalue weighted by Gasteiger charge is -2.29. The van der Waals surface area contributed by atoms with Crippen molar-refractivity contribution >= 4 is 34.9 Å². The summed E-state index contributed by atoms with van der Waals surface area (Å²) in [5.74, 6) is -0.223. The van der Waals surface area contributed by atoms with Crippen LogP contribution in [-0.4, -0.2) is 41.3 Å². The molecule has 0 spiro atoms. The minimum absolute atomic E-state index is 0.0571. The molecular formula is C31H27FN2O7. The number of H-pyrrole nitrogens is 1. The van der Waals surface area contributed by atoms with Crippen molar-refractivity contribution in [3.8, 4) is 11.5 Å². The van der Waals surface area contributed by atoms with Gasteiger partial charge in [-0.3, -0.25) is 4.79 Å². The van der Waals surface area contributed by atoms with Gasteiger partial charge in [-0.15, -0.1) is 0 Å². The summed E-state index contributed by atoms with van der Waals surface area (Å²) < 4.78 is 34.7. The highest BCUT2D eigenvalue weighted by Gasteiger charge is 2.37. The van der Waals surface area contributed by atoms with Gasteiger partial charge in [0.2, 0.25) is 0 Å². The van der Waals surface area contributed by atoms with Crippen molar-refractivity contribution in [3.63, 3.8) is 0 Å². The predicted molar refractivity (Wildman–Crippen MR) is 148 cm³/mol. The number of carbonyl (C=O) groups excluding carboxylic acids is 3. The number of rotatable bonds is 5. The van der Waals surface area contributed by atoms with Crippen molar-refractivity contribution in [3.05, 3.63) is 102 Å². The molecule has 1 aromatic heterocycles. The summed E-state index contributed by atoms with van der Waals surface area (Å²) in [4.78, 5) is 42.9. The molecule has 0 atom stereocenters. The Kier molecular flexibility index (Phi) is 7.47. The number of carbonyl (C=O) groups is 3. The summed E-state index contributed by atoms with van der Waals surface area (Å²) in [5.41, 5.74) is 1.44. The van der Waals surface area contributed by atoms with Gasteiger partial charge >= 0.3 is 12.3 Å². The van der Waals surface area contributed by atoms with Crippen LogP contribution >= 0.6 is 0 Å². The smallest absolute Gasteiger partial charge is 0.434 e. The number of ether oxygens (including phenoxy) is 4. The molecule has 41 heavy (non-hydrogen) atoms. The second-order valence-electron chi connectivity index (χ2n) is 9.95. The van der Waals surface area contributed by atoms with Crippen LogP contribution in [0.25, 0.3) is 16.7 Å². The van der Waals surface area contributed by atoms with Crippen molar-refractivity contribution in [2.24, 2.45) is 0 Å². The summed E-state index contributed by atoms with van der Waals surface area (Å²) in [6.45, 7) is 5.85. The molecule has 0 saturated carbocycles. The van der Waals surface area contributed by atoms with Crippen molar-refractivity contribution in [2.75, 3.05) is 13.2 Å². The largest absolute Gasteiger partial charge is 0.519 e. The van der Waals surface area contributed by atoms with Crippen LogP contribution in [0.2, 0.25) is 0 Å². The van der Waals surface area contributed by atoms with Crippen molar-refractivity contribution < 1.29 is 37.7 Å². The average Bonchev–Trinajstić information content (AvgIpc) is 3.28. The maximum Gasteiger partial charge on any atom is 0.519 e. The summed E-state index contributed by atoms with van der Waals surface area (Å²) in [6.07, 6.45) is -0.407. The van der Waals surface area contributed by atoms with Gasteiger partial charge in [-0.25, -0.2) is 14.0 Å². The van der Waals surface area contributed by atoms with Gasteiger partial charge in [0, 0.05) is 34.5 Å². The summed E-state index contributed by atoms with van der Waals surface area (Å²) >= 11 is 0. The lowest BCUT2D eigenvalue weighted by molar-refractivity contribution is 0.0788. The van der Waals surface area contributed by atoms with Crippen LogP contribution in [0, 0.1) is 5.82 Å². The van der Waals surface area contributed by atoms with Gasteiger partial charge in [0.1, 0.15) is 17.3 Å². The molecular weight excluding hydrogens is 531 g/mol. The number of nitrogens with zero attached hydrogens (tertiary/aromatic N) is 1. The quantitative estimate of drug-likeness (QED) is 0.212. The van der Waals surface area contributed by atoms with E-state index in [1.54, 1.807) is 55.5 Å². The van der Waals surface area contributed by atoms with E-state index in [4.69, 9.17) is 18.9 Å². The number of benzene rings is 3. The summed E-state index contributed by atoms with van der Waals surface area (Å²) in [6, 6.07) is 18.8. The van der Waals surface area contributed by atoms with Crippen LogP contribution in [0.5, 0.6) is 11.5 Å². The molecule has 2 heterocycles. The predicted octanol–water partition coefficient (Wildman–Crippen LogP) is 6.79. The van der Waals surface area contributed by atoms with Crippen molar-refractivity contribution in [1.29, 1.82) is 0 Å². The maximum atomic E-state index is 13.5. The van der Waals surface area contributed by atoms with E-state index >= 15 is 0 Å². The first-order valence-electron chi connectivity index (χ1n) is 12.9. The summed E-state index contributed by atoms with van der Waals surface area (Å²) in [7, 11) is 0. The number of aromatic amines is 1. The van der Waals surface area contributed by atoms with E-state index in [1.165, 1.54) is 35.4 Å². The number of amides is 1. The van der Waals surface area contributed by atoms with E-state index in [1.807, 2.05) is 13.8 Å². The Morgan fingerprint density at radius 1 is 0.902 bits per heavy atom. The Balaban J connectivity index is 1.52. The molecule has 1 aliphatic heterocycles. The molecule has 5 rings (SSSR count). The topological polar surface area (TPSA) is 107 Å². The number of hydrogen-bond acceptors (Lipinski definition) is 7. The monoisotopic (exact) mass is 558 g/mol. The molecule has 1 amide bonds. The minimum Gasteiger partial charge on any atom is -0.434 e. The number of halogens is 1. The van der Waals surface area contributed by atoms with E-state index in [-0.39, 0.29) is 30.2 Å². The normalized spacial score (nSPS) is 14.0. The number of fused-ring (bicyclic) bond motifs is 3. The van der Waals surface area contributed by atoms with Gasteiger partial charge in [-0.1, -0.05) is 32.0 Å². The Labute approximate surface area is 235 Å². The minimum atomic E-state index is -0.940. The van der Waals surface area contributed by atoms with Crippen LogP contribution in [0.1, 0.15) is 42.4 Å². The first-order valence-corrected chi connectivity index (χ1v) is 12.9. The van der Waals surface area contributed by atoms with E-state index in [0.29, 0.717) is 17.0 Å². The van der Waals surface area contributed by atoms with E-state index in [9.17, 15) is 18.8 Å². The molecule has 0 bridgehead atoms. The van der Waals surface area contributed by atoms with Crippen LogP contribution in [0.3, 0.4) is 0 Å². The van der Waals surface area contributed by atoms with Crippen molar-refractivity contribution in [1.82, 2.24) is 9.88 Å². The fraction of sp³-hybridized carbons (Fsp3) is 0.194. The maximum absolute atomic E-state index is 13.5. The molecule has 4 aromatic rings. The molecule has 1 N–H and O–H groups in total. The first-order chi connectivity index (χ1) is 19.6. The highest BCUT2D eigenvalue weighted by molar-refractivity contribution is 5.97. The molecule has 10 heteroatoms. The van der Waals surface area contributed by atoms with Gasteiger partial charge in [-0.2, -0.15) is 0 Å². The van der Waals surface area contributed by atoms with Crippen LogP contribution < -0.4 is 9.47 Å². The molecule has 0 aliphatic carbocycles. The number of para-hydroxylation sites is 1. The number of hydrogen-bond donors (Lipinski definition) is 1. The molecule has 0 unspecified atom stereocenters. The fourth-order valence-electron chi connectivity index (χ4n) is 4.79. The van der Waals surface area contributed by atoms with Crippen LogP contribution in [-0.2, 0) is 14.9 Å². The van der Waals surface area contributed by atoms with Crippen molar-refractivity contribution in [2.45, 2.75) is 26.2 Å². The molecule has 0 radical (unpaired) electrons. The molecule has 210 valence electrons. The van der Waals surface area contributed by atoms with Gasteiger partial charge < -0.3 is 28.8 Å². The zero-order valence-electron chi connectivity index (χ0n) is 22.6. The molecule has 1 aliphatic rings. The molecule has 3 aromatic carbocycles. The lowest BCUT2D eigenvalue weighted by atomic mass is 9.82. The highest BCUT2D eigenvalue weighted by Crippen LogP contribution is 2.41.